The number of hydrogen-bond acceptors (Lipinski definition) is 9. The molecule has 32 heavy (non-hydrogen) atoms. The number of allylic oxidation sites excluding steroid dienone is 2. The van der Waals surface area contributed by atoms with E-state index in [1.54, 1.807) is 13.0 Å². The third-order valence-corrected chi connectivity index (χ3v) is 5.77. The van der Waals surface area contributed by atoms with Crippen LogP contribution in [-0.2, 0) is 4.74 Å². The van der Waals surface area contributed by atoms with E-state index in [4.69, 9.17) is 9.47 Å². The fraction of sp³-hybridized carbons (Fsp3) is 0.304. The van der Waals surface area contributed by atoms with Crippen LogP contribution in [0.3, 0.4) is 0 Å². The lowest BCUT2D eigenvalue weighted by atomic mass is 9.86. The molecule has 1 fully saturated rings. The molecule has 2 aromatic rings. The number of hydrogen-bond donors (Lipinski definition) is 7. The molecule has 2 aliphatic heterocycles. The van der Waals surface area contributed by atoms with E-state index in [1.807, 2.05) is 0 Å². The fourth-order valence-corrected chi connectivity index (χ4v) is 4.09. The van der Waals surface area contributed by atoms with Gasteiger partial charge in [-0.05, 0) is 48.4 Å². The van der Waals surface area contributed by atoms with Crippen molar-refractivity contribution in [1.82, 2.24) is 0 Å². The number of rotatable bonds is 3. The summed E-state index contributed by atoms with van der Waals surface area (Å²) in [6, 6.07) is 5.54. The molecule has 170 valence electrons. The zero-order valence-electron chi connectivity index (χ0n) is 17.1. The van der Waals surface area contributed by atoms with E-state index in [1.165, 1.54) is 24.3 Å². The first kappa shape index (κ1) is 22.1. The van der Waals surface area contributed by atoms with Gasteiger partial charge < -0.3 is 45.2 Å². The molecule has 1 unspecified atom stereocenters. The fourth-order valence-electron chi connectivity index (χ4n) is 4.09. The minimum absolute atomic E-state index is 0.0113. The van der Waals surface area contributed by atoms with Gasteiger partial charge in [0, 0.05) is 11.1 Å². The van der Waals surface area contributed by atoms with Gasteiger partial charge in [0.1, 0.15) is 47.8 Å². The van der Waals surface area contributed by atoms with Crippen LogP contribution in [-0.4, -0.2) is 66.8 Å². The molecule has 4 rings (SSSR count). The number of aromatic hydroxyl groups is 3. The zero-order chi connectivity index (χ0) is 23.3. The Balaban J connectivity index is 1.84. The highest BCUT2D eigenvalue weighted by molar-refractivity contribution is 5.90. The van der Waals surface area contributed by atoms with E-state index in [0.717, 1.165) is 0 Å². The van der Waals surface area contributed by atoms with Crippen LogP contribution in [0.5, 0.6) is 23.0 Å². The molecule has 2 aromatic carbocycles. The van der Waals surface area contributed by atoms with E-state index in [2.05, 4.69) is 6.58 Å². The Morgan fingerprint density at radius 3 is 2.31 bits per heavy atom. The number of aliphatic hydroxyl groups excluding tert-OH is 4. The second-order valence-electron chi connectivity index (χ2n) is 7.92. The average molecular weight is 444 g/mol. The predicted molar refractivity (Wildman–Crippen MR) is 113 cm³/mol. The summed E-state index contributed by atoms with van der Waals surface area (Å²) < 4.78 is 11.7. The molecule has 0 amide bonds. The molecule has 5 atom stereocenters. The van der Waals surface area contributed by atoms with Crippen LogP contribution >= 0.6 is 0 Å². The lowest BCUT2D eigenvalue weighted by Gasteiger charge is -2.41. The quantitative estimate of drug-likeness (QED) is 0.344. The highest BCUT2D eigenvalue weighted by atomic mass is 16.5. The first-order valence-electron chi connectivity index (χ1n) is 9.92. The van der Waals surface area contributed by atoms with Crippen LogP contribution < -0.4 is 4.74 Å². The largest absolute Gasteiger partial charge is 0.507 e. The maximum atomic E-state index is 10.8. The number of ether oxygens (including phenoxy) is 2. The van der Waals surface area contributed by atoms with Crippen molar-refractivity contribution in [2.45, 2.75) is 37.4 Å². The van der Waals surface area contributed by atoms with Crippen molar-refractivity contribution < 1.29 is 45.2 Å². The van der Waals surface area contributed by atoms with Gasteiger partial charge >= 0.3 is 0 Å². The van der Waals surface area contributed by atoms with Crippen LogP contribution in [0.1, 0.15) is 28.4 Å². The monoisotopic (exact) mass is 444 g/mol. The average Bonchev–Trinajstić information content (AvgIpc) is 2.74. The normalized spacial score (nSPS) is 27.5. The molecule has 0 radical (unpaired) electrons. The van der Waals surface area contributed by atoms with Crippen LogP contribution in [0.15, 0.2) is 36.9 Å². The lowest BCUT2D eigenvalue weighted by Crippen LogP contribution is -2.55. The summed E-state index contributed by atoms with van der Waals surface area (Å²) in [7, 11) is 0. The van der Waals surface area contributed by atoms with E-state index in [9.17, 15) is 35.7 Å². The van der Waals surface area contributed by atoms with Crippen molar-refractivity contribution >= 4 is 11.3 Å². The van der Waals surface area contributed by atoms with Gasteiger partial charge in [0.25, 0.3) is 0 Å². The zero-order valence-corrected chi connectivity index (χ0v) is 17.1. The Kier molecular flexibility index (Phi) is 5.61. The first-order valence-corrected chi connectivity index (χ1v) is 9.92. The number of fused-ring (bicyclic) bond motifs is 1. The molecule has 2 heterocycles. The summed E-state index contributed by atoms with van der Waals surface area (Å²) in [5, 5.41) is 70.7. The summed E-state index contributed by atoms with van der Waals surface area (Å²) >= 11 is 0. The molecular weight excluding hydrogens is 420 g/mol. The van der Waals surface area contributed by atoms with Gasteiger partial charge in [0.05, 0.1) is 12.2 Å². The molecule has 2 aliphatic rings. The van der Waals surface area contributed by atoms with Gasteiger partial charge in [-0.3, -0.25) is 0 Å². The molecular formula is C23H24O9. The van der Waals surface area contributed by atoms with Gasteiger partial charge in [0.2, 0.25) is 0 Å². The molecule has 9 nitrogen and oxygen atoms in total. The van der Waals surface area contributed by atoms with Crippen molar-refractivity contribution in [2.75, 3.05) is 6.61 Å². The maximum Gasteiger partial charge on any atom is 0.158 e. The Morgan fingerprint density at radius 1 is 0.938 bits per heavy atom. The Hall–Kier alpha value is -3.08. The van der Waals surface area contributed by atoms with Crippen LogP contribution in [0, 0.1) is 6.92 Å². The molecule has 0 saturated carbocycles. The topological polar surface area (TPSA) is 160 Å². The van der Waals surface area contributed by atoms with Crippen LogP contribution in [0.25, 0.3) is 11.3 Å². The van der Waals surface area contributed by atoms with Crippen molar-refractivity contribution in [3.8, 4) is 23.0 Å². The lowest BCUT2D eigenvalue weighted by molar-refractivity contribution is -0.232. The predicted octanol–water partition coefficient (Wildman–Crippen LogP) is 1.07. The van der Waals surface area contributed by atoms with E-state index < -0.39 is 37.1 Å². The van der Waals surface area contributed by atoms with Crippen LogP contribution in [0.2, 0.25) is 0 Å². The number of aliphatic hydroxyl groups is 4. The summed E-state index contributed by atoms with van der Waals surface area (Å²) in [4.78, 5) is 0. The minimum Gasteiger partial charge on any atom is -0.507 e. The standard InChI is InChI=1S/C23H24O9/c1-9-5-14(27)18(23-21(30)20(29)19(28)16(8-24)32-23)22-17(9)10(2)6-15(31-22)11-3-4-12(25)13(26)7-11/h3-7,16,19-21,23-30H,2,8H2,1H3/t16-,19-,20+,21-,23?/m1/s1. The Labute approximate surface area is 183 Å². The number of benzene rings is 2. The third kappa shape index (κ3) is 3.50. The second kappa shape index (κ2) is 8.12. The van der Waals surface area contributed by atoms with E-state index in [0.29, 0.717) is 22.3 Å². The SMILES string of the molecule is C=C1C=C(c2ccc(O)c(O)c2)Oc2c1c(C)cc(O)c2C1O[C@H](CO)[C@@H](O)[C@H](O)[C@H]1O. The first-order chi connectivity index (χ1) is 15.1. The molecule has 1 saturated heterocycles. The molecule has 0 aliphatic carbocycles. The van der Waals surface area contributed by atoms with Gasteiger partial charge in [-0.25, -0.2) is 0 Å². The second-order valence-corrected chi connectivity index (χ2v) is 7.92. The Bertz CT molecular complexity index is 1110. The molecule has 0 spiro atoms. The van der Waals surface area contributed by atoms with Crippen molar-refractivity contribution in [2.24, 2.45) is 0 Å². The van der Waals surface area contributed by atoms with E-state index in [-0.39, 0.29) is 34.3 Å². The summed E-state index contributed by atoms with van der Waals surface area (Å²) in [6.07, 6.45) is -5.71. The molecule has 0 aromatic heterocycles. The third-order valence-electron chi connectivity index (χ3n) is 5.77. The smallest absolute Gasteiger partial charge is 0.158 e. The highest BCUT2D eigenvalue weighted by Gasteiger charge is 2.46. The van der Waals surface area contributed by atoms with Crippen molar-refractivity contribution in [3.05, 3.63) is 59.2 Å². The van der Waals surface area contributed by atoms with Crippen molar-refractivity contribution in [3.63, 3.8) is 0 Å². The summed E-state index contributed by atoms with van der Waals surface area (Å²) in [5.74, 6) is -0.590. The maximum absolute atomic E-state index is 10.8. The number of phenols is 3. The highest BCUT2D eigenvalue weighted by Crippen LogP contribution is 2.49. The number of phenolic OH excluding ortho intramolecular Hbond substituents is 3. The van der Waals surface area contributed by atoms with Gasteiger partial charge in [0.15, 0.2) is 11.5 Å². The molecule has 0 bridgehead atoms. The summed E-state index contributed by atoms with van der Waals surface area (Å²) in [5.41, 5.74) is 2.09. The van der Waals surface area contributed by atoms with Gasteiger partial charge in [-0.15, -0.1) is 0 Å². The van der Waals surface area contributed by atoms with E-state index >= 15 is 0 Å². The van der Waals surface area contributed by atoms with Crippen LogP contribution in [0.4, 0.5) is 0 Å². The Morgan fingerprint density at radius 2 is 1.66 bits per heavy atom. The molecule has 9 heteroatoms. The summed E-state index contributed by atoms with van der Waals surface area (Å²) in [6.45, 7) is 5.15. The minimum atomic E-state index is -1.64. The van der Waals surface area contributed by atoms with Gasteiger partial charge in [-0.1, -0.05) is 6.58 Å². The molecule has 7 N–H and O–H groups in total. The number of aryl methyl sites for hydroxylation is 1. The van der Waals surface area contributed by atoms with Crippen molar-refractivity contribution in [1.29, 1.82) is 0 Å². The van der Waals surface area contributed by atoms with Gasteiger partial charge in [-0.2, -0.15) is 0 Å².